The molecule has 0 bridgehead atoms. The van der Waals surface area contributed by atoms with Gasteiger partial charge in [-0.15, -0.1) is 11.3 Å². The maximum atomic E-state index is 12.7. The number of carbonyl (C=O) groups excluding carboxylic acids is 1. The molecule has 24 heavy (non-hydrogen) atoms. The predicted octanol–water partition coefficient (Wildman–Crippen LogP) is 2.62. The van der Waals surface area contributed by atoms with Crippen LogP contribution in [-0.4, -0.2) is 24.1 Å². The molecule has 5 nitrogen and oxygen atoms in total. The Kier molecular flexibility index (Phi) is 5.35. The normalized spacial score (nSPS) is 13.9. The molecular formula is C18H22N2O3S. The molecule has 0 radical (unpaired) electrons. The maximum absolute atomic E-state index is 12.7. The lowest BCUT2D eigenvalue weighted by molar-refractivity contribution is 0.0949. The average molecular weight is 346 g/mol. The van der Waals surface area contributed by atoms with E-state index in [1.165, 1.54) is 18.1 Å². The van der Waals surface area contributed by atoms with Crippen LogP contribution in [0, 0.1) is 0 Å². The molecule has 2 aromatic heterocycles. The van der Waals surface area contributed by atoms with Gasteiger partial charge in [-0.3, -0.25) is 9.59 Å². The number of carbonyl (C=O) groups is 1. The van der Waals surface area contributed by atoms with Crippen molar-refractivity contribution in [3.05, 3.63) is 50.1 Å². The first kappa shape index (κ1) is 16.8. The number of fused-ring (bicyclic) bond motifs is 1. The number of hydrogen-bond acceptors (Lipinski definition) is 4. The van der Waals surface area contributed by atoms with E-state index in [9.17, 15) is 9.59 Å². The number of rotatable bonds is 5. The van der Waals surface area contributed by atoms with Crippen molar-refractivity contribution in [2.24, 2.45) is 0 Å². The second kappa shape index (κ2) is 7.66. The molecule has 0 aliphatic carbocycles. The summed E-state index contributed by atoms with van der Waals surface area (Å²) in [6.07, 6.45) is 4.57. The Morgan fingerprint density at radius 3 is 3.00 bits per heavy atom. The summed E-state index contributed by atoms with van der Waals surface area (Å²) in [5.74, 6) is 0.218. The topological polar surface area (TPSA) is 60.3 Å². The summed E-state index contributed by atoms with van der Waals surface area (Å²) in [5, 5.41) is 5.01. The Bertz CT molecular complexity index is 765. The zero-order valence-corrected chi connectivity index (χ0v) is 14.7. The van der Waals surface area contributed by atoms with Crippen molar-refractivity contribution in [1.29, 1.82) is 0 Å². The van der Waals surface area contributed by atoms with Crippen LogP contribution in [-0.2, 0) is 19.4 Å². The monoisotopic (exact) mass is 346 g/mol. The highest BCUT2D eigenvalue weighted by Crippen LogP contribution is 2.24. The third-order valence-electron chi connectivity index (χ3n) is 4.36. The Labute approximate surface area is 145 Å². The minimum atomic E-state index is -0.158. The number of thiophene rings is 1. The Morgan fingerprint density at radius 2 is 2.25 bits per heavy atom. The zero-order chi connectivity index (χ0) is 16.9. The van der Waals surface area contributed by atoms with Gasteiger partial charge in [0.15, 0.2) is 0 Å². The lowest BCUT2D eigenvalue weighted by Crippen LogP contribution is -2.31. The first-order valence-electron chi connectivity index (χ1n) is 8.32. The van der Waals surface area contributed by atoms with Crippen LogP contribution in [0.3, 0.4) is 0 Å². The highest BCUT2D eigenvalue weighted by atomic mass is 32.1. The van der Waals surface area contributed by atoms with E-state index in [4.69, 9.17) is 4.74 Å². The minimum Gasteiger partial charge on any atom is -0.496 e. The quantitative estimate of drug-likeness (QED) is 0.905. The largest absolute Gasteiger partial charge is 0.496 e. The van der Waals surface area contributed by atoms with Gasteiger partial charge in [-0.25, -0.2) is 0 Å². The highest BCUT2D eigenvalue weighted by Gasteiger charge is 2.23. The van der Waals surface area contributed by atoms with Crippen molar-refractivity contribution in [1.82, 2.24) is 9.88 Å². The third-order valence-corrected chi connectivity index (χ3v) is 5.30. The number of amides is 1. The summed E-state index contributed by atoms with van der Waals surface area (Å²) in [6, 6.07) is 5.50. The number of hydrogen-bond donors (Lipinski definition) is 1. The molecule has 0 aromatic carbocycles. The van der Waals surface area contributed by atoms with E-state index in [2.05, 4.69) is 11.4 Å². The lowest BCUT2D eigenvalue weighted by Gasteiger charge is -2.17. The van der Waals surface area contributed by atoms with E-state index >= 15 is 0 Å². The van der Waals surface area contributed by atoms with Gasteiger partial charge in [-0.05, 0) is 37.1 Å². The van der Waals surface area contributed by atoms with E-state index in [0.717, 1.165) is 37.8 Å². The number of pyridine rings is 1. The first-order chi connectivity index (χ1) is 11.7. The van der Waals surface area contributed by atoms with Gasteiger partial charge in [0.2, 0.25) is 0 Å². The number of methoxy groups -OCH3 is 1. The second-order valence-corrected chi connectivity index (χ2v) is 6.95. The molecule has 0 unspecified atom stereocenters. The number of aromatic nitrogens is 1. The molecular weight excluding hydrogens is 324 g/mol. The van der Waals surface area contributed by atoms with Crippen LogP contribution in [0.5, 0.6) is 5.75 Å². The van der Waals surface area contributed by atoms with Crippen molar-refractivity contribution in [3.63, 3.8) is 0 Å². The summed E-state index contributed by atoms with van der Waals surface area (Å²) in [5.41, 5.74) is 1.24. The molecule has 0 spiro atoms. The molecule has 1 N–H and O–H groups in total. The maximum Gasteiger partial charge on any atom is 0.256 e. The molecule has 1 aliphatic rings. The smallest absolute Gasteiger partial charge is 0.256 e. The molecule has 3 rings (SSSR count). The van der Waals surface area contributed by atoms with Gasteiger partial charge in [0.25, 0.3) is 11.5 Å². The third kappa shape index (κ3) is 3.53. The van der Waals surface area contributed by atoms with Gasteiger partial charge < -0.3 is 14.6 Å². The second-order valence-electron chi connectivity index (χ2n) is 5.92. The van der Waals surface area contributed by atoms with Gasteiger partial charge in [-0.2, -0.15) is 0 Å². The number of nitrogens with one attached hydrogen (secondary N) is 1. The molecule has 6 heteroatoms. The van der Waals surface area contributed by atoms with Crippen LogP contribution < -0.4 is 15.6 Å². The van der Waals surface area contributed by atoms with E-state index < -0.39 is 0 Å². The summed E-state index contributed by atoms with van der Waals surface area (Å²) >= 11 is 1.68. The zero-order valence-electron chi connectivity index (χ0n) is 13.8. The molecule has 0 saturated carbocycles. The van der Waals surface area contributed by atoms with Crippen molar-refractivity contribution in [2.75, 3.05) is 13.7 Å². The summed E-state index contributed by atoms with van der Waals surface area (Å²) in [6.45, 7) is 1.24. The van der Waals surface area contributed by atoms with Gasteiger partial charge in [-0.1, -0.05) is 12.5 Å². The van der Waals surface area contributed by atoms with Crippen LogP contribution in [0.4, 0.5) is 0 Å². The fraction of sp³-hybridized carbons (Fsp3) is 0.444. The van der Waals surface area contributed by atoms with Crippen LogP contribution in [0.1, 0.15) is 40.2 Å². The van der Waals surface area contributed by atoms with E-state index in [1.54, 1.807) is 15.9 Å². The molecule has 0 fully saturated rings. The van der Waals surface area contributed by atoms with E-state index in [1.807, 2.05) is 11.4 Å². The molecule has 3 heterocycles. The van der Waals surface area contributed by atoms with Crippen LogP contribution in [0.2, 0.25) is 0 Å². The Hall–Kier alpha value is -2.08. The van der Waals surface area contributed by atoms with Crippen LogP contribution in [0.15, 0.2) is 28.4 Å². The molecule has 1 amide bonds. The van der Waals surface area contributed by atoms with Crippen LogP contribution >= 0.6 is 11.3 Å². The SMILES string of the molecule is COc1cc(=O)n2c(c1C(=O)NCCc1cccs1)CCCCC2. The fourth-order valence-electron chi connectivity index (χ4n) is 3.16. The predicted molar refractivity (Wildman–Crippen MR) is 95.2 cm³/mol. The average Bonchev–Trinajstić information content (AvgIpc) is 2.97. The molecule has 2 aromatic rings. The van der Waals surface area contributed by atoms with E-state index in [-0.39, 0.29) is 11.5 Å². The molecule has 0 atom stereocenters. The molecule has 128 valence electrons. The van der Waals surface area contributed by atoms with Crippen molar-refractivity contribution in [2.45, 2.75) is 38.6 Å². The van der Waals surface area contributed by atoms with Crippen LogP contribution in [0.25, 0.3) is 0 Å². The standard InChI is InChI=1S/C18H22N2O3S/c1-23-15-12-16(21)20-10-4-2-3-7-14(20)17(15)18(22)19-9-8-13-6-5-11-24-13/h5-6,11-12H,2-4,7-10H2,1H3,(H,19,22). The Balaban J connectivity index is 1.84. The number of ether oxygens (including phenoxy) is 1. The van der Waals surface area contributed by atoms with E-state index in [0.29, 0.717) is 24.4 Å². The summed E-state index contributed by atoms with van der Waals surface area (Å²) in [4.78, 5) is 26.3. The van der Waals surface area contributed by atoms with Gasteiger partial charge in [0.05, 0.1) is 7.11 Å². The highest BCUT2D eigenvalue weighted by molar-refractivity contribution is 7.09. The van der Waals surface area contributed by atoms with Crippen molar-refractivity contribution >= 4 is 17.2 Å². The molecule has 0 saturated heterocycles. The van der Waals surface area contributed by atoms with Gasteiger partial charge >= 0.3 is 0 Å². The van der Waals surface area contributed by atoms with Gasteiger partial charge in [0.1, 0.15) is 11.3 Å². The first-order valence-corrected chi connectivity index (χ1v) is 9.20. The number of nitrogens with zero attached hydrogens (tertiary/aromatic N) is 1. The minimum absolute atomic E-state index is 0.0844. The molecule has 1 aliphatic heterocycles. The van der Waals surface area contributed by atoms with Gasteiger partial charge in [0, 0.05) is 29.7 Å². The lowest BCUT2D eigenvalue weighted by atomic mass is 10.1. The van der Waals surface area contributed by atoms with Crippen molar-refractivity contribution < 1.29 is 9.53 Å². The Morgan fingerprint density at radius 1 is 1.38 bits per heavy atom. The summed E-state index contributed by atoms with van der Waals surface area (Å²) in [7, 11) is 1.50. The summed E-state index contributed by atoms with van der Waals surface area (Å²) < 4.78 is 7.07. The van der Waals surface area contributed by atoms with Crippen molar-refractivity contribution in [3.8, 4) is 5.75 Å². The fourth-order valence-corrected chi connectivity index (χ4v) is 3.87.